The lowest BCUT2D eigenvalue weighted by Gasteiger charge is -2.09. The van der Waals surface area contributed by atoms with Crippen molar-refractivity contribution in [2.45, 2.75) is 20.3 Å². The van der Waals surface area contributed by atoms with Crippen LogP contribution >= 0.6 is 15.9 Å². The van der Waals surface area contributed by atoms with E-state index in [1.54, 1.807) is 6.07 Å². The van der Waals surface area contributed by atoms with Crippen molar-refractivity contribution >= 4 is 15.9 Å². The number of ether oxygens (including phenoxy) is 1. The molecule has 0 aliphatic rings. The van der Waals surface area contributed by atoms with Crippen LogP contribution in [0.2, 0.25) is 0 Å². The summed E-state index contributed by atoms with van der Waals surface area (Å²) in [6.07, 6.45) is 0.941. The van der Waals surface area contributed by atoms with Crippen molar-refractivity contribution in [2.75, 3.05) is 19.7 Å². The fourth-order valence-corrected chi connectivity index (χ4v) is 1.83. The molecular formula is C13H19BrFNO. The minimum Gasteiger partial charge on any atom is -0.492 e. The first-order chi connectivity index (χ1) is 8.09. The smallest absolute Gasteiger partial charge is 0.133 e. The molecule has 1 aromatic rings. The summed E-state index contributed by atoms with van der Waals surface area (Å²) in [6, 6.07) is 4.45. The van der Waals surface area contributed by atoms with Gasteiger partial charge in [-0.15, -0.1) is 0 Å². The highest BCUT2D eigenvalue weighted by molar-refractivity contribution is 9.10. The first-order valence-electron chi connectivity index (χ1n) is 5.88. The van der Waals surface area contributed by atoms with E-state index in [0.29, 0.717) is 22.7 Å². The number of halogens is 2. The van der Waals surface area contributed by atoms with Gasteiger partial charge in [0.2, 0.25) is 0 Å². The lowest BCUT2D eigenvalue weighted by molar-refractivity contribution is 0.304. The van der Waals surface area contributed by atoms with E-state index >= 15 is 0 Å². The third-order valence-electron chi connectivity index (χ3n) is 2.20. The first-order valence-corrected chi connectivity index (χ1v) is 6.67. The Balaban J connectivity index is 2.18. The highest BCUT2D eigenvalue weighted by Crippen LogP contribution is 2.25. The van der Waals surface area contributed by atoms with Crippen molar-refractivity contribution < 1.29 is 9.13 Å². The standard InChI is InChI=1S/C13H19BrFNO/c1-10(2)9-16-6-3-7-17-13-5-4-11(15)8-12(13)14/h4-5,8,10,16H,3,6-7,9H2,1-2H3. The Morgan fingerprint density at radius 3 is 2.82 bits per heavy atom. The van der Waals surface area contributed by atoms with Crippen molar-refractivity contribution in [1.82, 2.24) is 5.32 Å². The Morgan fingerprint density at radius 2 is 2.18 bits per heavy atom. The van der Waals surface area contributed by atoms with Gasteiger partial charge >= 0.3 is 0 Å². The van der Waals surface area contributed by atoms with Crippen LogP contribution in [-0.4, -0.2) is 19.7 Å². The van der Waals surface area contributed by atoms with Crippen LogP contribution in [0.1, 0.15) is 20.3 Å². The average molecular weight is 304 g/mol. The van der Waals surface area contributed by atoms with Gasteiger partial charge < -0.3 is 10.1 Å². The number of benzene rings is 1. The Labute approximate surface area is 111 Å². The SMILES string of the molecule is CC(C)CNCCCOc1ccc(F)cc1Br. The third-order valence-corrected chi connectivity index (χ3v) is 2.82. The van der Waals surface area contributed by atoms with Crippen molar-refractivity contribution in [1.29, 1.82) is 0 Å². The van der Waals surface area contributed by atoms with Gasteiger partial charge in [-0.3, -0.25) is 0 Å². The van der Waals surface area contributed by atoms with Crippen molar-refractivity contribution in [3.8, 4) is 5.75 Å². The first kappa shape index (κ1) is 14.5. The fraction of sp³-hybridized carbons (Fsp3) is 0.538. The van der Waals surface area contributed by atoms with Gasteiger partial charge in [0, 0.05) is 0 Å². The van der Waals surface area contributed by atoms with E-state index in [2.05, 4.69) is 35.1 Å². The molecule has 2 nitrogen and oxygen atoms in total. The Kier molecular flexibility index (Phi) is 6.52. The van der Waals surface area contributed by atoms with E-state index in [1.165, 1.54) is 12.1 Å². The largest absolute Gasteiger partial charge is 0.492 e. The number of nitrogens with one attached hydrogen (secondary N) is 1. The van der Waals surface area contributed by atoms with Crippen molar-refractivity contribution in [2.24, 2.45) is 5.92 Å². The zero-order valence-electron chi connectivity index (χ0n) is 10.3. The van der Waals surface area contributed by atoms with E-state index in [0.717, 1.165) is 19.5 Å². The van der Waals surface area contributed by atoms with Gasteiger partial charge in [0.1, 0.15) is 11.6 Å². The summed E-state index contributed by atoms with van der Waals surface area (Å²) in [7, 11) is 0. The van der Waals surface area contributed by atoms with E-state index < -0.39 is 0 Å². The lowest BCUT2D eigenvalue weighted by Crippen LogP contribution is -2.22. The van der Waals surface area contributed by atoms with E-state index in [1.807, 2.05) is 0 Å². The summed E-state index contributed by atoms with van der Waals surface area (Å²) >= 11 is 3.27. The van der Waals surface area contributed by atoms with Crippen LogP contribution in [0.25, 0.3) is 0 Å². The molecule has 0 bridgehead atoms. The molecule has 0 atom stereocenters. The Bertz CT molecular complexity index is 344. The molecule has 0 heterocycles. The van der Waals surface area contributed by atoms with Crippen LogP contribution in [0.4, 0.5) is 4.39 Å². The highest BCUT2D eigenvalue weighted by atomic mass is 79.9. The highest BCUT2D eigenvalue weighted by Gasteiger charge is 2.02. The fourth-order valence-electron chi connectivity index (χ4n) is 1.36. The molecule has 1 aromatic carbocycles. The molecule has 0 aromatic heterocycles. The van der Waals surface area contributed by atoms with E-state index in [4.69, 9.17) is 4.74 Å². The quantitative estimate of drug-likeness (QED) is 0.777. The summed E-state index contributed by atoms with van der Waals surface area (Å²) in [6.45, 7) is 6.96. The Morgan fingerprint density at radius 1 is 1.41 bits per heavy atom. The monoisotopic (exact) mass is 303 g/mol. The zero-order chi connectivity index (χ0) is 12.7. The van der Waals surface area contributed by atoms with Gasteiger partial charge in [0.25, 0.3) is 0 Å². The van der Waals surface area contributed by atoms with Crippen LogP contribution in [0.15, 0.2) is 22.7 Å². The number of hydrogen-bond acceptors (Lipinski definition) is 2. The molecule has 0 spiro atoms. The second kappa shape index (κ2) is 7.67. The number of hydrogen-bond donors (Lipinski definition) is 1. The molecule has 4 heteroatoms. The molecular weight excluding hydrogens is 285 g/mol. The molecule has 0 amide bonds. The van der Waals surface area contributed by atoms with Gasteiger partial charge in [-0.2, -0.15) is 0 Å². The maximum atomic E-state index is 12.8. The van der Waals surface area contributed by atoms with Gasteiger partial charge in [-0.05, 0) is 59.6 Å². The average Bonchev–Trinajstić information content (AvgIpc) is 2.25. The maximum Gasteiger partial charge on any atom is 0.133 e. The summed E-state index contributed by atoms with van der Waals surface area (Å²) < 4.78 is 19.0. The topological polar surface area (TPSA) is 21.3 Å². The molecule has 1 N–H and O–H groups in total. The summed E-state index contributed by atoms with van der Waals surface area (Å²) in [5.41, 5.74) is 0. The second-order valence-corrected chi connectivity index (χ2v) is 5.23. The molecule has 96 valence electrons. The summed E-state index contributed by atoms with van der Waals surface area (Å²) in [4.78, 5) is 0. The third kappa shape index (κ3) is 6.03. The van der Waals surface area contributed by atoms with Crippen LogP contribution in [-0.2, 0) is 0 Å². The normalized spacial score (nSPS) is 10.9. The van der Waals surface area contributed by atoms with Crippen molar-refractivity contribution in [3.63, 3.8) is 0 Å². The predicted octanol–water partition coefficient (Wildman–Crippen LogP) is 3.60. The van der Waals surface area contributed by atoms with Crippen molar-refractivity contribution in [3.05, 3.63) is 28.5 Å². The van der Waals surface area contributed by atoms with Gasteiger partial charge in [-0.25, -0.2) is 4.39 Å². The molecule has 0 saturated carbocycles. The minimum atomic E-state index is -0.261. The lowest BCUT2D eigenvalue weighted by atomic mass is 10.2. The van der Waals surface area contributed by atoms with Gasteiger partial charge in [0.15, 0.2) is 0 Å². The molecule has 1 rings (SSSR count). The number of rotatable bonds is 7. The van der Waals surface area contributed by atoms with Crippen LogP contribution < -0.4 is 10.1 Å². The predicted molar refractivity (Wildman–Crippen MR) is 71.9 cm³/mol. The molecule has 0 unspecified atom stereocenters. The van der Waals surface area contributed by atoms with Gasteiger partial charge in [-0.1, -0.05) is 13.8 Å². The molecule has 0 radical (unpaired) electrons. The summed E-state index contributed by atoms with van der Waals surface area (Å²) in [5, 5.41) is 3.34. The molecule has 17 heavy (non-hydrogen) atoms. The van der Waals surface area contributed by atoms with Crippen LogP contribution in [0, 0.1) is 11.7 Å². The molecule has 0 aliphatic heterocycles. The molecule has 0 saturated heterocycles. The van der Waals surface area contributed by atoms with E-state index in [-0.39, 0.29) is 5.82 Å². The van der Waals surface area contributed by atoms with Gasteiger partial charge in [0.05, 0.1) is 11.1 Å². The van der Waals surface area contributed by atoms with E-state index in [9.17, 15) is 4.39 Å². The molecule has 0 fully saturated rings. The minimum absolute atomic E-state index is 0.261. The maximum absolute atomic E-state index is 12.8. The van der Waals surface area contributed by atoms with Crippen LogP contribution in [0.3, 0.4) is 0 Å². The second-order valence-electron chi connectivity index (χ2n) is 4.37. The summed E-state index contributed by atoms with van der Waals surface area (Å²) in [5.74, 6) is 1.10. The van der Waals surface area contributed by atoms with Crippen LogP contribution in [0.5, 0.6) is 5.75 Å². The molecule has 0 aliphatic carbocycles. The Hall–Kier alpha value is -0.610. The zero-order valence-corrected chi connectivity index (χ0v) is 11.9.